The number of aromatic amines is 1. The van der Waals surface area contributed by atoms with Crippen LogP contribution in [0.15, 0.2) is 58.4 Å². The maximum atomic E-state index is 13.8. The van der Waals surface area contributed by atoms with Gasteiger partial charge in [0.25, 0.3) is 0 Å². The number of carbonyl (C=O) groups excluding carboxylic acids is 3. The molecular weight excluding hydrogens is 516 g/mol. The van der Waals surface area contributed by atoms with Crippen LogP contribution in [0.1, 0.15) is 30.2 Å². The molecule has 0 unspecified atom stereocenters. The quantitative estimate of drug-likeness (QED) is 0.341. The third kappa shape index (κ3) is 4.64. The van der Waals surface area contributed by atoms with E-state index in [2.05, 4.69) is 4.98 Å². The number of carbonyl (C=O) groups is 3. The van der Waals surface area contributed by atoms with Gasteiger partial charge in [-0.15, -0.1) is 0 Å². The zero-order chi connectivity index (χ0) is 26.1. The zero-order valence-corrected chi connectivity index (χ0v) is 21.7. The molecular formula is C26H24N2O7S2. The smallest absolute Gasteiger partial charge is 0.344 e. The number of anilines is 1. The number of hydrogen-bond donors (Lipinski definition) is 1. The summed E-state index contributed by atoms with van der Waals surface area (Å²) in [5, 5.41) is -0.0938. The lowest BCUT2D eigenvalue weighted by atomic mass is 9.83. The van der Waals surface area contributed by atoms with Crippen LogP contribution >= 0.6 is 23.1 Å². The lowest BCUT2D eigenvalue weighted by Gasteiger charge is -2.30. The number of hydrogen-bond acceptors (Lipinski definition) is 9. The van der Waals surface area contributed by atoms with Crippen molar-refractivity contribution in [1.82, 2.24) is 4.98 Å². The molecule has 2 aliphatic heterocycles. The number of aromatic nitrogens is 1. The number of nitrogens with one attached hydrogen (secondary N) is 1. The number of thioether (sulfide) groups is 1. The first-order valence-corrected chi connectivity index (χ1v) is 13.5. The molecule has 0 aliphatic carbocycles. The van der Waals surface area contributed by atoms with E-state index in [1.165, 1.54) is 16.7 Å². The van der Waals surface area contributed by atoms with Gasteiger partial charge in [-0.25, -0.2) is 9.69 Å². The molecule has 0 radical (unpaired) electrons. The Kier molecular flexibility index (Phi) is 7.07. The molecule has 5 rings (SSSR count). The summed E-state index contributed by atoms with van der Waals surface area (Å²) < 4.78 is 16.4. The average molecular weight is 541 g/mol. The Morgan fingerprint density at radius 1 is 0.973 bits per heavy atom. The van der Waals surface area contributed by atoms with Gasteiger partial charge in [-0.2, -0.15) is 0 Å². The van der Waals surface area contributed by atoms with E-state index < -0.39 is 23.1 Å². The first-order valence-electron chi connectivity index (χ1n) is 11.8. The topological polar surface area (TPSA) is 115 Å². The Morgan fingerprint density at radius 2 is 1.76 bits per heavy atom. The van der Waals surface area contributed by atoms with E-state index in [1.807, 2.05) is 13.0 Å². The Hall–Kier alpha value is -3.57. The highest BCUT2D eigenvalue weighted by Gasteiger charge is 2.56. The van der Waals surface area contributed by atoms with Crippen LogP contribution in [0.4, 0.5) is 5.69 Å². The van der Waals surface area contributed by atoms with Crippen LogP contribution in [0, 0.1) is 5.92 Å². The van der Waals surface area contributed by atoms with E-state index in [4.69, 9.17) is 14.2 Å². The van der Waals surface area contributed by atoms with Gasteiger partial charge in [0, 0.05) is 10.8 Å². The summed E-state index contributed by atoms with van der Waals surface area (Å²) in [6, 6.07) is 14.0. The van der Waals surface area contributed by atoms with Crippen LogP contribution in [-0.2, 0) is 19.1 Å². The van der Waals surface area contributed by atoms with Gasteiger partial charge in [0.15, 0.2) is 18.1 Å². The second-order valence-corrected chi connectivity index (χ2v) is 10.5. The number of fused-ring (bicyclic) bond motifs is 2. The van der Waals surface area contributed by atoms with Crippen molar-refractivity contribution >= 4 is 46.6 Å². The van der Waals surface area contributed by atoms with Crippen molar-refractivity contribution in [3.63, 3.8) is 0 Å². The lowest BCUT2D eigenvalue weighted by Crippen LogP contribution is -2.32. The highest BCUT2D eigenvalue weighted by Crippen LogP contribution is 2.53. The largest absolute Gasteiger partial charge is 0.490 e. The minimum atomic E-state index is -0.711. The predicted molar refractivity (Wildman–Crippen MR) is 139 cm³/mol. The van der Waals surface area contributed by atoms with Gasteiger partial charge in [-0.3, -0.25) is 14.4 Å². The fourth-order valence-electron chi connectivity index (χ4n) is 4.65. The van der Waals surface area contributed by atoms with Crippen molar-refractivity contribution in [3.05, 3.63) is 68.6 Å². The van der Waals surface area contributed by atoms with Crippen LogP contribution in [0.25, 0.3) is 0 Å². The van der Waals surface area contributed by atoms with E-state index in [-0.39, 0.29) is 29.9 Å². The van der Waals surface area contributed by atoms with Crippen LogP contribution in [0.5, 0.6) is 11.5 Å². The fourth-order valence-corrected chi connectivity index (χ4v) is 7.17. The Labute approximate surface area is 220 Å². The highest BCUT2D eigenvalue weighted by atomic mass is 32.2. The van der Waals surface area contributed by atoms with Gasteiger partial charge in [0.1, 0.15) is 5.25 Å². The monoisotopic (exact) mass is 540 g/mol. The molecule has 3 atom stereocenters. The van der Waals surface area contributed by atoms with Gasteiger partial charge >= 0.3 is 10.8 Å². The summed E-state index contributed by atoms with van der Waals surface area (Å²) in [6.07, 6.45) is 0. The zero-order valence-electron chi connectivity index (χ0n) is 20.1. The van der Waals surface area contributed by atoms with Gasteiger partial charge in [0.2, 0.25) is 11.8 Å². The van der Waals surface area contributed by atoms with E-state index in [0.29, 0.717) is 39.3 Å². The fraction of sp³-hybridized carbons (Fsp3) is 0.308. The van der Waals surface area contributed by atoms with E-state index >= 15 is 0 Å². The molecule has 0 spiro atoms. The van der Waals surface area contributed by atoms with Crippen LogP contribution in [0.2, 0.25) is 0 Å². The summed E-state index contributed by atoms with van der Waals surface area (Å²) in [5.41, 5.74) is 1.22. The normalized spacial score (nSPS) is 20.4. The highest BCUT2D eigenvalue weighted by molar-refractivity contribution is 8.00. The lowest BCUT2D eigenvalue weighted by molar-refractivity contribution is -0.145. The van der Waals surface area contributed by atoms with E-state index in [0.717, 1.165) is 11.3 Å². The molecule has 192 valence electrons. The van der Waals surface area contributed by atoms with Gasteiger partial charge in [0.05, 0.1) is 29.8 Å². The molecule has 3 aromatic rings. The number of esters is 1. The summed E-state index contributed by atoms with van der Waals surface area (Å²) in [5.74, 6) is -1.65. The second-order valence-electron chi connectivity index (χ2n) is 8.33. The third-order valence-electron chi connectivity index (χ3n) is 6.12. The van der Waals surface area contributed by atoms with Crippen molar-refractivity contribution < 1.29 is 28.6 Å². The van der Waals surface area contributed by atoms with Gasteiger partial charge in [-0.1, -0.05) is 47.4 Å². The molecule has 3 heterocycles. The minimum Gasteiger partial charge on any atom is -0.490 e. The first-order chi connectivity index (χ1) is 17.9. The molecule has 1 N–H and O–H groups in total. The third-order valence-corrected chi connectivity index (χ3v) is 8.52. The van der Waals surface area contributed by atoms with Gasteiger partial charge in [-0.05, 0) is 43.7 Å². The molecule has 37 heavy (non-hydrogen) atoms. The Morgan fingerprint density at radius 3 is 2.49 bits per heavy atom. The molecule has 1 fully saturated rings. The molecule has 11 heteroatoms. The maximum Gasteiger partial charge on any atom is 0.344 e. The maximum absolute atomic E-state index is 13.8. The number of para-hydroxylation sites is 1. The van der Waals surface area contributed by atoms with Crippen LogP contribution in [0.3, 0.4) is 0 Å². The molecule has 0 bridgehead atoms. The molecule has 2 amide bonds. The molecule has 2 aliphatic rings. The summed E-state index contributed by atoms with van der Waals surface area (Å²) in [4.78, 5) is 55.9. The van der Waals surface area contributed by atoms with Crippen molar-refractivity contribution in [2.24, 2.45) is 5.92 Å². The molecule has 2 aromatic carbocycles. The van der Waals surface area contributed by atoms with Crippen molar-refractivity contribution in [2.75, 3.05) is 24.7 Å². The number of thiazole rings is 1. The predicted octanol–water partition coefficient (Wildman–Crippen LogP) is 3.57. The number of imide groups is 1. The summed E-state index contributed by atoms with van der Waals surface area (Å²) in [6.45, 7) is 3.85. The van der Waals surface area contributed by atoms with Crippen molar-refractivity contribution in [1.29, 1.82) is 0 Å². The first kappa shape index (κ1) is 25.1. The van der Waals surface area contributed by atoms with Gasteiger partial charge < -0.3 is 19.2 Å². The van der Waals surface area contributed by atoms with Crippen molar-refractivity contribution in [2.45, 2.75) is 30.0 Å². The van der Waals surface area contributed by atoms with Crippen molar-refractivity contribution in [3.8, 4) is 11.5 Å². The second kappa shape index (κ2) is 10.4. The molecule has 0 saturated carbocycles. The molecule has 1 saturated heterocycles. The van der Waals surface area contributed by atoms with E-state index in [9.17, 15) is 19.2 Å². The summed E-state index contributed by atoms with van der Waals surface area (Å²) in [7, 11) is 0. The number of nitrogens with zero attached hydrogens (tertiary/aromatic N) is 1. The average Bonchev–Trinajstić information content (AvgIpc) is 3.38. The molecule has 1 aromatic heterocycles. The number of H-pyrrole nitrogens is 1. The standard InChI is InChI=1S/C26H24N2O7S2/c1-3-33-17-12-14(10-11-16(17)35-13-18(29)34-4-2)19-20-22(36-23-21(19)37-26(32)27-23)25(31)28(24(20)30)15-8-6-5-7-9-15/h5-12,19-20,22H,3-4,13H2,1-2H3,(H,27,32)/t19-,20-,22+/m0/s1. The van der Waals surface area contributed by atoms with Crippen LogP contribution in [-0.4, -0.2) is 47.8 Å². The number of ether oxygens (including phenoxy) is 3. The number of benzene rings is 2. The number of amides is 2. The Balaban J connectivity index is 1.55. The van der Waals surface area contributed by atoms with Crippen LogP contribution < -0.4 is 19.2 Å². The Bertz CT molecular complexity index is 1400. The SMILES string of the molecule is CCOC(=O)COc1ccc([C@@H]2c3sc(=O)[nH]c3S[C@H]3C(=O)N(c4ccccc4)C(=O)[C@@H]23)cc1OCC. The summed E-state index contributed by atoms with van der Waals surface area (Å²) >= 11 is 2.26. The number of rotatable bonds is 8. The molecule has 9 nitrogen and oxygen atoms in total. The minimum absolute atomic E-state index is 0.246. The van der Waals surface area contributed by atoms with E-state index in [1.54, 1.807) is 49.4 Å².